The molecule has 3 unspecified atom stereocenters. The van der Waals surface area contributed by atoms with Gasteiger partial charge in [-0.3, -0.25) is 14.3 Å². The number of carboxylic acid groups (broad SMARTS) is 1. The smallest absolute Gasteiger partial charge is 0.405 e. The van der Waals surface area contributed by atoms with Crippen LogP contribution in [0, 0.1) is 6.92 Å². The topological polar surface area (TPSA) is 181 Å². The van der Waals surface area contributed by atoms with Gasteiger partial charge < -0.3 is 29.5 Å². The fraction of sp³-hybridized carbons (Fsp3) is 0.538. The standard InChI is InChI=1S/C39H56N4O9Si/c1-9-14-29(17-13-22-39(6,41-37(48)49)28-20-18-27(19-21-28)26-15-11-10-12-16-26)42-51-35(46)32(44)33-30(52-53(7,8)38(3,4)5)23-31(50-33)43-24-25(2)34(45)40-36(43)47/h10-12,15-16,18-21,24,29-33,41-42,44H,9,13-14,17,22-23H2,1-8H3,(H,48,49)(H,40,45,47)/t29?,30-,31+,32?,33-,39?/m0/s1. The number of aliphatic hydroxyl groups excluding tert-OH is 1. The van der Waals surface area contributed by atoms with Crippen molar-refractivity contribution in [3.05, 3.63) is 92.8 Å². The SMILES string of the molecule is CCCC(CCCC(C)(NC(=O)O)c1ccc(-c2ccccc2)cc1)NOC(=O)C(O)[C@H]1O[C@@H](n2cc(C)c(=O)[nH]c2=O)C[C@@H]1O[Si](C)(C)C(C)(C)C. The Balaban J connectivity index is 1.43. The molecule has 13 nitrogen and oxygen atoms in total. The van der Waals surface area contributed by atoms with Gasteiger partial charge in [-0.05, 0) is 74.4 Å². The Morgan fingerprint density at radius 1 is 1.04 bits per heavy atom. The summed E-state index contributed by atoms with van der Waals surface area (Å²) < 4.78 is 14.0. The molecule has 0 spiro atoms. The lowest BCUT2D eigenvalue weighted by molar-refractivity contribution is -0.175. The number of H-pyrrole nitrogens is 1. The monoisotopic (exact) mass is 752 g/mol. The molecule has 0 aliphatic carbocycles. The lowest BCUT2D eigenvalue weighted by Gasteiger charge is -2.39. The molecule has 5 N–H and O–H groups in total. The highest BCUT2D eigenvalue weighted by atomic mass is 28.4. The molecular formula is C39H56N4O9Si. The van der Waals surface area contributed by atoms with E-state index in [1.807, 2.05) is 81.5 Å². The fourth-order valence-electron chi connectivity index (χ4n) is 6.41. The number of hydrogen-bond acceptors (Lipinski definition) is 9. The maximum Gasteiger partial charge on any atom is 0.405 e. The zero-order valence-electron chi connectivity index (χ0n) is 32.1. The van der Waals surface area contributed by atoms with E-state index in [0.29, 0.717) is 31.2 Å². The highest BCUT2D eigenvalue weighted by molar-refractivity contribution is 6.74. The van der Waals surface area contributed by atoms with Crippen LogP contribution in [0.15, 0.2) is 70.4 Å². The van der Waals surface area contributed by atoms with Gasteiger partial charge in [0.05, 0.1) is 11.6 Å². The summed E-state index contributed by atoms with van der Waals surface area (Å²) in [6.07, 6.45) is -1.02. The van der Waals surface area contributed by atoms with Crippen molar-refractivity contribution in [2.24, 2.45) is 0 Å². The van der Waals surface area contributed by atoms with Gasteiger partial charge in [-0.15, -0.1) is 5.48 Å². The second kappa shape index (κ2) is 17.4. The first-order valence-corrected chi connectivity index (χ1v) is 21.2. The van der Waals surface area contributed by atoms with Gasteiger partial charge in [0.15, 0.2) is 14.4 Å². The van der Waals surface area contributed by atoms with Crippen LogP contribution in [0.4, 0.5) is 4.79 Å². The second-order valence-corrected chi connectivity index (χ2v) is 20.5. The number of aromatic nitrogens is 2. The molecule has 0 saturated carbocycles. The Hall–Kier alpha value is -4.08. The predicted octanol–water partition coefficient (Wildman–Crippen LogP) is 6.12. The summed E-state index contributed by atoms with van der Waals surface area (Å²) in [5.74, 6) is -0.957. The molecule has 0 bridgehead atoms. The average Bonchev–Trinajstić information content (AvgIpc) is 3.50. The molecule has 14 heteroatoms. The maximum absolute atomic E-state index is 13.4. The number of nitrogens with one attached hydrogen (secondary N) is 3. The summed E-state index contributed by atoms with van der Waals surface area (Å²) >= 11 is 0. The van der Waals surface area contributed by atoms with Crippen molar-refractivity contribution in [3.63, 3.8) is 0 Å². The van der Waals surface area contributed by atoms with Gasteiger partial charge in [-0.2, -0.15) is 0 Å². The zero-order chi connectivity index (χ0) is 39.1. The number of benzene rings is 2. The van der Waals surface area contributed by atoms with E-state index in [-0.39, 0.29) is 17.5 Å². The molecule has 290 valence electrons. The van der Waals surface area contributed by atoms with E-state index in [2.05, 4.69) is 36.6 Å². The largest absolute Gasteiger partial charge is 0.465 e. The van der Waals surface area contributed by atoms with E-state index in [1.165, 1.54) is 10.8 Å². The Kier molecular flexibility index (Phi) is 13.7. The lowest BCUT2D eigenvalue weighted by Crippen LogP contribution is -2.50. The minimum atomic E-state index is -2.43. The molecule has 1 aliphatic heterocycles. The fourth-order valence-corrected chi connectivity index (χ4v) is 7.75. The van der Waals surface area contributed by atoms with Gasteiger partial charge in [-0.1, -0.05) is 88.7 Å². The molecule has 3 aromatic rings. The summed E-state index contributed by atoms with van der Waals surface area (Å²) in [5, 5.41) is 23.6. The first-order chi connectivity index (χ1) is 24.8. The molecule has 6 atom stereocenters. The molecule has 1 amide bonds. The number of carbonyl (C=O) groups is 2. The highest BCUT2D eigenvalue weighted by Gasteiger charge is 2.49. The van der Waals surface area contributed by atoms with Crippen LogP contribution in [-0.4, -0.2) is 64.5 Å². The molecular weight excluding hydrogens is 697 g/mol. The summed E-state index contributed by atoms with van der Waals surface area (Å²) in [6.45, 7) is 15.7. The molecule has 1 aromatic heterocycles. The van der Waals surface area contributed by atoms with Crippen molar-refractivity contribution in [2.75, 3.05) is 0 Å². The van der Waals surface area contributed by atoms with Crippen molar-refractivity contribution >= 4 is 20.4 Å². The van der Waals surface area contributed by atoms with Gasteiger partial charge in [0.2, 0.25) is 0 Å². The third-order valence-electron chi connectivity index (χ3n) is 10.6. The van der Waals surface area contributed by atoms with E-state index in [0.717, 1.165) is 23.1 Å². The van der Waals surface area contributed by atoms with E-state index in [4.69, 9.17) is 14.0 Å². The van der Waals surface area contributed by atoms with Crippen LogP contribution in [0.3, 0.4) is 0 Å². The van der Waals surface area contributed by atoms with Crippen LogP contribution in [0.5, 0.6) is 0 Å². The molecule has 53 heavy (non-hydrogen) atoms. The van der Waals surface area contributed by atoms with Gasteiger partial charge in [-0.25, -0.2) is 14.4 Å². The van der Waals surface area contributed by atoms with Crippen molar-refractivity contribution in [2.45, 2.75) is 134 Å². The minimum absolute atomic E-state index is 0.164. The number of carbonyl (C=O) groups excluding carboxylic acids is 1. The Morgan fingerprint density at radius 2 is 1.68 bits per heavy atom. The third kappa shape index (κ3) is 10.5. The molecule has 1 fully saturated rings. The van der Waals surface area contributed by atoms with Gasteiger partial charge >= 0.3 is 17.8 Å². The maximum atomic E-state index is 13.4. The Morgan fingerprint density at radius 3 is 2.28 bits per heavy atom. The van der Waals surface area contributed by atoms with E-state index < -0.39 is 61.7 Å². The summed E-state index contributed by atoms with van der Waals surface area (Å²) in [4.78, 5) is 57.7. The number of aromatic amines is 1. The second-order valence-electron chi connectivity index (χ2n) is 15.8. The number of ether oxygens (including phenoxy) is 1. The highest BCUT2D eigenvalue weighted by Crippen LogP contribution is 2.41. The zero-order valence-corrected chi connectivity index (χ0v) is 33.1. The van der Waals surface area contributed by atoms with Crippen molar-refractivity contribution < 1.29 is 33.8 Å². The van der Waals surface area contributed by atoms with Crippen molar-refractivity contribution in [3.8, 4) is 11.1 Å². The quantitative estimate of drug-likeness (QED) is 0.0845. The molecule has 0 radical (unpaired) electrons. The van der Waals surface area contributed by atoms with E-state index >= 15 is 0 Å². The van der Waals surface area contributed by atoms with Gasteiger partial charge in [0.1, 0.15) is 12.3 Å². The van der Waals surface area contributed by atoms with Crippen molar-refractivity contribution in [1.29, 1.82) is 0 Å². The first kappa shape index (κ1) is 41.7. The lowest BCUT2D eigenvalue weighted by atomic mass is 9.85. The van der Waals surface area contributed by atoms with Crippen LogP contribution in [0.2, 0.25) is 18.1 Å². The number of nitrogens with zero attached hydrogens (tertiary/aromatic N) is 1. The van der Waals surface area contributed by atoms with Crippen LogP contribution >= 0.6 is 0 Å². The van der Waals surface area contributed by atoms with Crippen LogP contribution < -0.4 is 22.0 Å². The van der Waals surface area contributed by atoms with E-state index in [9.17, 15) is 29.4 Å². The molecule has 4 rings (SSSR count). The van der Waals surface area contributed by atoms with Crippen LogP contribution in [0.25, 0.3) is 11.1 Å². The normalized spacial score (nSPS) is 20.0. The molecule has 1 aliphatic rings. The molecule has 2 heterocycles. The first-order valence-electron chi connectivity index (χ1n) is 18.3. The molecule has 1 saturated heterocycles. The third-order valence-corrected chi connectivity index (χ3v) is 15.1. The Bertz CT molecular complexity index is 1810. The minimum Gasteiger partial charge on any atom is -0.465 e. The average molecular weight is 753 g/mol. The van der Waals surface area contributed by atoms with Crippen LogP contribution in [0.1, 0.15) is 90.5 Å². The predicted molar refractivity (Wildman–Crippen MR) is 205 cm³/mol. The number of aryl methyl sites for hydroxylation is 1. The number of aliphatic hydroxyl groups is 1. The van der Waals surface area contributed by atoms with Gasteiger partial charge in [0, 0.05) is 24.2 Å². The number of rotatable bonds is 16. The van der Waals surface area contributed by atoms with E-state index in [1.54, 1.807) is 6.92 Å². The number of hydroxylamine groups is 1. The summed E-state index contributed by atoms with van der Waals surface area (Å²) in [7, 11) is -2.43. The van der Waals surface area contributed by atoms with Gasteiger partial charge in [0.25, 0.3) is 5.56 Å². The summed E-state index contributed by atoms with van der Waals surface area (Å²) in [5.41, 5.74) is 4.03. The summed E-state index contributed by atoms with van der Waals surface area (Å²) in [6, 6.07) is 17.5. The van der Waals surface area contributed by atoms with Crippen LogP contribution in [-0.2, 0) is 24.3 Å². The number of amides is 1. The Labute approximate surface area is 312 Å². The van der Waals surface area contributed by atoms with Crippen molar-refractivity contribution in [1.82, 2.24) is 20.3 Å². The number of hydrogen-bond donors (Lipinski definition) is 5. The molecule has 2 aromatic carbocycles.